The van der Waals surface area contributed by atoms with E-state index in [9.17, 15) is 4.79 Å². The fourth-order valence-electron chi connectivity index (χ4n) is 1.81. The highest BCUT2D eigenvalue weighted by atomic mass is 35.5. The Hall–Kier alpha value is -1.26. The Kier molecular flexibility index (Phi) is 3.86. The van der Waals surface area contributed by atoms with Crippen LogP contribution in [0.25, 0.3) is 0 Å². The van der Waals surface area contributed by atoms with Crippen molar-refractivity contribution in [2.75, 3.05) is 11.9 Å². The van der Waals surface area contributed by atoms with Crippen molar-refractivity contribution in [3.63, 3.8) is 0 Å². The van der Waals surface area contributed by atoms with Gasteiger partial charge >= 0.3 is 6.03 Å². The van der Waals surface area contributed by atoms with Crippen LogP contribution < -0.4 is 10.6 Å². The molecule has 1 aromatic rings. The molecule has 0 saturated heterocycles. The highest BCUT2D eigenvalue weighted by molar-refractivity contribution is 6.30. The van der Waals surface area contributed by atoms with Crippen molar-refractivity contribution in [2.24, 2.45) is 5.92 Å². The topological polar surface area (TPSA) is 61.4 Å². The number of rotatable bonds is 3. The van der Waals surface area contributed by atoms with Crippen molar-refractivity contribution in [1.29, 1.82) is 0 Å². The van der Waals surface area contributed by atoms with Gasteiger partial charge in [0.15, 0.2) is 0 Å². The average molecular weight is 255 g/mol. The molecule has 17 heavy (non-hydrogen) atoms. The van der Waals surface area contributed by atoms with Crippen LogP contribution in [0.5, 0.6) is 0 Å². The smallest absolute Gasteiger partial charge is 0.319 e. The number of urea groups is 1. The molecule has 2 amide bonds. The fourth-order valence-corrected chi connectivity index (χ4v) is 1.94. The fraction of sp³-hybridized carbons (Fsp3) is 0.417. The van der Waals surface area contributed by atoms with Gasteiger partial charge in [-0.25, -0.2) is 4.79 Å². The Morgan fingerprint density at radius 2 is 2.00 bits per heavy atom. The Labute approximate surface area is 105 Å². The number of hydrogen-bond acceptors (Lipinski definition) is 2. The Balaban J connectivity index is 1.71. The number of carbonyl (C=O) groups excluding carboxylic acids is 1. The molecule has 0 atom stereocenters. The van der Waals surface area contributed by atoms with Gasteiger partial charge in [0, 0.05) is 17.3 Å². The molecule has 1 aromatic carbocycles. The van der Waals surface area contributed by atoms with E-state index >= 15 is 0 Å². The summed E-state index contributed by atoms with van der Waals surface area (Å²) in [6.45, 7) is 0.608. The first-order valence-electron chi connectivity index (χ1n) is 5.62. The van der Waals surface area contributed by atoms with Gasteiger partial charge in [-0.15, -0.1) is 0 Å². The minimum absolute atomic E-state index is 0.180. The molecule has 4 nitrogen and oxygen atoms in total. The second-order valence-corrected chi connectivity index (χ2v) is 4.77. The number of benzene rings is 1. The van der Waals surface area contributed by atoms with E-state index in [1.54, 1.807) is 24.3 Å². The first-order valence-corrected chi connectivity index (χ1v) is 6.00. The lowest BCUT2D eigenvalue weighted by atomic mass is 9.82. The van der Waals surface area contributed by atoms with Crippen LogP contribution in [0, 0.1) is 5.92 Å². The zero-order chi connectivity index (χ0) is 12.3. The number of nitrogens with one attached hydrogen (secondary N) is 2. The van der Waals surface area contributed by atoms with Gasteiger partial charge in [0.2, 0.25) is 0 Å². The summed E-state index contributed by atoms with van der Waals surface area (Å²) < 4.78 is 0. The molecule has 0 unspecified atom stereocenters. The molecule has 1 aliphatic carbocycles. The molecule has 0 spiro atoms. The number of anilines is 1. The van der Waals surface area contributed by atoms with Crippen molar-refractivity contribution in [2.45, 2.75) is 18.9 Å². The molecule has 1 saturated carbocycles. The van der Waals surface area contributed by atoms with E-state index in [2.05, 4.69) is 10.6 Å². The van der Waals surface area contributed by atoms with Crippen LogP contribution in [0.1, 0.15) is 12.8 Å². The summed E-state index contributed by atoms with van der Waals surface area (Å²) in [5, 5.41) is 15.2. The molecule has 92 valence electrons. The number of aliphatic hydroxyl groups is 1. The zero-order valence-corrected chi connectivity index (χ0v) is 10.1. The van der Waals surface area contributed by atoms with E-state index in [0.717, 1.165) is 12.8 Å². The molecule has 1 aliphatic rings. The van der Waals surface area contributed by atoms with Crippen molar-refractivity contribution < 1.29 is 9.90 Å². The lowest BCUT2D eigenvalue weighted by Gasteiger charge is -2.31. The van der Waals surface area contributed by atoms with Gasteiger partial charge in [0.25, 0.3) is 0 Å². The van der Waals surface area contributed by atoms with Gasteiger partial charge in [-0.05, 0) is 43.0 Å². The van der Waals surface area contributed by atoms with Gasteiger partial charge in [-0.2, -0.15) is 0 Å². The average Bonchev–Trinajstić information content (AvgIpc) is 2.26. The van der Waals surface area contributed by atoms with Crippen LogP contribution in [0.15, 0.2) is 24.3 Å². The van der Waals surface area contributed by atoms with E-state index < -0.39 is 0 Å². The Morgan fingerprint density at radius 3 is 2.59 bits per heavy atom. The monoisotopic (exact) mass is 254 g/mol. The molecule has 0 aliphatic heterocycles. The van der Waals surface area contributed by atoms with E-state index in [4.69, 9.17) is 16.7 Å². The van der Waals surface area contributed by atoms with Crippen molar-refractivity contribution in [3.05, 3.63) is 29.3 Å². The van der Waals surface area contributed by atoms with Crippen LogP contribution in [0.3, 0.4) is 0 Å². The van der Waals surface area contributed by atoms with Crippen molar-refractivity contribution in [1.82, 2.24) is 5.32 Å². The first kappa shape index (κ1) is 12.2. The van der Waals surface area contributed by atoms with Gasteiger partial charge < -0.3 is 15.7 Å². The van der Waals surface area contributed by atoms with E-state index in [1.807, 2.05) is 0 Å². The maximum absolute atomic E-state index is 11.5. The first-order chi connectivity index (χ1) is 8.13. The second-order valence-electron chi connectivity index (χ2n) is 4.33. The van der Waals surface area contributed by atoms with E-state index in [1.165, 1.54) is 0 Å². The summed E-state index contributed by atoms with van der Waals surface area (Å²) in [6, 6.07) is 6.71. The van der Waals surface area contributed by atoms with Crippen LogP contribution in [0.2, 0.25) is 5.02 Å². The Bertz CT molecular complexity index is 388. The number of amides is 2. The lowest BCUT2D eigenvalue weighted by Crippen LogP contribution is -2.39. The molecule has 3 N–H and O–H groups in total. The number of aliphatic hydroxyl groups excluding tert-OH is 1. The minimum atomic E-state index is -0.228. The highest BCUT2D eigenvalue weighted by Crippen LogP contribution is 2.26. The molecule has 1 fully saturated rings. The number of hydrogen-bond donors (Lipinski definition) is 3. The molecular formula is C12H15ClN2O2. The zero-order valence-electron chi connectivity index (χ0n) is 9.32. The quantitative estimate of drug-likeness (QED) is 0.775. The third kappa shape index (κ3) is 3.61. The molecule has 0 aromatic heterocycles. The van der Waals surface area contributed by atoms with Gasteiger partial charge in [0.1, 0.15) is 0 Å². The van der Waals surface area contributed by atoms with E-state index in [-0.39, 0.29) is 12.1 Å². The number of carbonyl (C=O) groups is 1. The van der Waals surface area contributed by atoms with Gasteiger partial charge in [-0.3, -0.25) is 0 Å². The van der Waals surface area contributed by atoms with Gasteiger partial charge in [-0.1, -0.05) is 11.6 Å². The standard InChI is InChI=1S/C12H15ClN2O2/c13-9-1-3-10(4-2-9)15-12(17)14-7-8-5-11(16)6-8/h1-4,8,11,16H,5-7H2,(H2,14,15,17). The van der Waals surface area contributed by atoms with Gasteiger partial charge in [0.05, 0.1) is 6.10 Å². The summed E-state index contributed by atoms with van der Waals surface area (Å²) in [4.78, 5) is 11.5. The molecular weight excluding hydrogens is 240 g/mol. The number of halogens is 1. The lowest BCUT2D eigenvalue weighted by molar-refractivity contribution is 0.0443. The van der Waals surface area contributed by atoms with Crippen LogP contribution >= 0.6 is 11.6 Å². The third-order valence-electron chi connectivity index (χ3n) is 2.86. The molecule has 0 bridgehead atoms. The van der Waals surface area contributed by atoms with Crippen LogP contribution in [0.4, 0.5) is 10.5 Å². The third-order valence-corrected chi connectivity index (χ3v) is 3.12. The summed E-state index contributed by atoms with van der Waals surface area (Å²) in [6.07, 6.45) is 1.38. The summed E-state index contributed by atoms with van der Waals surface area (Å²) in [5.41, 5.74) is 0.709. The molecule has 5 heteroatoms. The summed E-state index contributed by atoms with van der Waals surface area (Å²) >= 11 is 5.74. The second kappa shape index (κ2) is 5.38. The van der Waals surface area contributed by atoms with Crippen molar-refractivity contribution >= 4 is 23.3 Å². The largest absolute Gasteiger partial charge is 0.393 e. The maximum atomic E-state index is 11.5. The molecule has 0 heterocycles. The Morgan fingerprint density at radius 1 is 1.35 bits per heavy atom. The maximum Gasteiger partial charge on any atom is 0.319 e. The van der Waals surface area contributed by atoms with E-state index in [0.29, 0.717) is 23.2 Å². The predicted octanol–water partition coefficient (Wildman–Crippen LogP) is 2.23. The molecule has 2 rings (SSSR count). The summed E-state index contributed by atoms with van der Waals surface area (Å²) in [7, 11) is 0. The highest BCUT2D eigenvalue weighted by Gasteiger charge is 2.27. The molecule has 0 radical (unpaired) electrons. The summed E-state index contributed by atoms with van der Waals surface area (Å²) in [5.74, 6) is 0.404. The van der Waals surface area contributed by atoms with Crippen molar-refractivity contribution in [3.8, 4) is 0 Å². The predicted molar refractivity (Wildman–Crippen MR) is 67.2 cm³/mol. The normalized spacial score (nSPS) is 22.7. The van der Waals surface area contributed by atoms with Crippen LogP contribution in [-0.4, -0.2) is 23.8 Å². The van der Waals surface area contributed by atoms with Crippen LogP contribution in [-0.2, 0) is 0 Å². The SMILES string of the molecule is O=C(NCC1CC(O)C1)Nc1ccc(Cl)cc1. The minimum Gasteiger partial charge on any atom is -0.393 e.